The minimum Gasteiger partial charge on any atom is -0.508 e. The standard InChI is InChI=1S/C34H37N5O6/c1-2-3-15-37-23-32(41)38-28(18-24-9-12-27(40)13-10-24)33(42)36(21-26-11-14-29-30(19-26)45-17-16-44-29)22-31(38)39(37)34(43)35-20-25-7-5-4-6-8-25/h2-14,19,28,31,40H,15-18,20-23H2,1H3,(H,35,43)/b3-2+/t28-,31-/m0/s1. The molecule has 0 aliphatic carbocycles. The molecule has 0 unspecified atom stereocenters. The van der Waals surface area contributed by atoms with E-state index >= 15 is 0 Å². The summed E-state index contributed by atoms with van der Waals surface area (Å²) in [6.45, 7) is 3.80. The van der Waals surface area contributed by atoms with Crippen LogP contribution in [-0.4, -0.2) is 87.8 Å². The Morgan fingerprint density at radius 3 is 2.44 bits per heavy atom. The number of benzene rings is 3. The molecule has 11 heteroatoms. The van der Waals surface area contributed by atoms with E-state index in [0.717, 1.165) is 16.7 Å². The minimum absolute atomic E-state index is 0.0544. The van der Waals surface area contributed by atoms with Crippen LogP contribution in [0.2, 0.25) is 0 Å². The van der Waals surface area contributed by atoms with Gasteiger partial charge in [-0.2, -0.15) is 0 Å². The highest BCUT2D eigenvalue weighted by Crippen LogP contribution is 2.33. The molecule has 0 radical (unpaired) electrons. The average Bonchev–Trinajstić information content (AvgIpc) is 3.06. The van der Waals surface area contributed by atoms with Gasteiger partial charge >= 0.3 is 6.03 Å². The Balaban J connectivity index is 1.34. The third kappa shape index (κ3) is 6.58. The number of allylic oxidation sites excluding steroid dienone is 1. The molecule has 45 heavy (non-hydrogen) atoms. The first-order valence-corrected chi connectivity index (χ1v) is 15.1. The number of ether oxygens (including phenoxy) is 2. The smallest absolute Gasteiger partial charge is 0.334 e. The maximum absolute atomic E-state index is 14.2. The normalized spacial score (nSPS) is 20.0. The number of carbonyl (C=O) groups excluding carboxylic acids is 3. The van der Waals surface area contributed by atoms with Crippen LogP contribution in [0.5, 0.6) is 17.2 Å². The summed E-state index contributed by atoms with van der Waals surface area (Å²) in [6.07, 6.45) is 3.26. The Bertz CT molecular complexity index is 1560. The Hall–Kier alpha value is -5.03. The predicted octanol–water partition coefficient (Wildman–Crippen LogP) is 3.29. The van der Waals surface area contributed by atoms with Crippen LogP contribution in [0.1, 0.15) is 23.6 Å². The number of carbonyl (C=O) groups is 3. The molecule has 3 aromatic rings. The van der Waals surface area contributed by atoms with Crippen LogP contribution in [0.15, 0.2) is 84.9 Å². The van der Waals surface area contributed by atoms with Crippen molar-refractivity contribution in [2.45, 2.75) is 38.6 Å². The van der Waals surface area contributed by atoms with E-state index in [1.807, 2.05) is 67.6 Å². The fourth-order valence-electron chi connectivity index (χ4n) is 6.04. The Kier molecular flexibility index (Phi) is 8.88. The van der Waals surface area contributed by atoms with Crippen LogP contribution in [0.4, 0.5) is 4.79 Å². The third-order valence-electron chi connectivity index (χ3n) is 8.22. The first kappa shape index (κ1) is 30.0. The molecule has 3 aliphatic heterocycles. The maximum atomic E-state index is 14.2. The summed E-state index contributed by atoms with van der Waals surface area (Å²) in [4.78, 5) is 45.3. The summed E-state index contributed by atoms with van der Waals surface area (Å²) in [5, 5.41) is 16.2. The molecule has 3 aromatic carbocycles. The van der Waals surface area contributed by atoms with Gasteiger partial charge in [0.05, 0.1) is 13.1 Å². The quantitative estimate of drug-likeness (QED) is 0.376. The fraction of sp³-hybridized carbons (Fsp3) is 0.324. The molecule has 2 fully saturated rings. The van der Waals surface area contributed by atoms with E-state index in [0.29, 0.717) is 37.8 Å². The number of urea groups is 1. The summed E-state index contributed by atoms with van der Waals surface area (Å²) < 4.78 is 11.5. The molecule has 11 nitrogen and oxygen atoms in total. The second kappa shape index (κ2) is 13.3. The second-order valence-electron chi connectivity index (χ2n) is 11.3. The van der Waals surface area contributed by atoms with Crippen molar-refractivity contribution in [3.8, 4) is 17.2 Å². The van der Waals surface area contributed by atoms with Crippen molar-refractivity contribution in [2.24, 2.45) is 0 Å². The van der Waals surface area contributed by atoms with Gasteiger partial charge in [-0.15, -0.1) is 0 Å². The van der Waals surface area contributed by atoms with Crippen molar-refractivity contribution >= 4 is 17.8 Å². The van der Waals surface area contributed by atoms with Crippen LogP contribution < -0.4 is 14.8 Å². The van der Waals surface area contributed by atoms with Crippen molar-refractivity contribution in [1.82, 2.24) is 25.1 Å². The molecule has 3 aliphatic rings. The van der Waals surface area contributed by atoms with Gasteiger partial charge in [-0.05, 0) is 47.9 Å². The van der Waals surface area contributed by atoms with Gasteiger partial charge in [0, 0.05) is 26.1 Å². The first-order valence-electron chi connectivity index (χ1n) is 15.1. The van der Waals surface area contributed by atoms with Crippen molar-refractivity contribution < 1.29 is 29.0 Å². The molecular weight excluding hydrogens is 574 g/mol. The summed E-state index contributed by atoms with van der Waals surface area (Å²) in [6, 6.07) is 20.6. The van der Waals surface area contributed by atoms with Crippen LogP contribution in [0, 0.1) is 0 Å². The molecule has 3 heterocycles. The molecule has 6 rings (SSSR count). The number of nitrogens with one attached hydrogen (secondary N) is 1. The number of amides is 4. The molecule has 0 spiro atoms. The van der Waals surface area contributed by atoms with Gasteiger partial charge in [-0.1, -0.05) is 60.7 Å². The number of hydrogen-bond acceptors (Lipinski definition) is 7. The number of nitrogens with zero attached hydrogens (tertiary/aromatic N) is 4. The number of fused-ring (bicyclic) bond motifs is 2. The fourth-order valence-corrected chi connectivity index (χ4v) is 6.04. The van der Waals surface area contributed by atoms with Gasteiger partial charge in [0.25, 0.3) is 0 Å². The summed E-state index contributed by atoms with van der Waals surface area (Å²) in [5.74, 6) is 0.950. The topological polar surface area (TPSA) is 115 Å². The van der Waals surface area contributed by atoms with Gasteiger partial charge in [0.2, 0.25) is 11.8 Å². The minimum atomic E-state index is -0.855. The van der Waals surface area contributed by atoms with Crippen LogP contribution in [0.25, 0.3) is 0 Å². The van der Waals surface area contributed by atoms with Crippen LogP contribution in [-0.2, 0) is 29.1 Å². The molecule has 0 aromatic heterocycles. The molecule has 234 valence electrons. The zero-order valence-corrected chi connectivity index (χ0v) is 25.2. The third-order valence-corrected chi connectivity index (χ3v) is 8.22. The Morgan fingerprint density at radius 2 is 1.69 bits per heavy atom. The lowest BCUT2D eigenvalue weighted by molar-refractivity contribution is -0.189. The monoisotopic (exact) mass is 611 g/mol. The second-order valence-corrected chi connectivity index (χ2v) is 11.3. The highest BCUT2D eigenvalue weighted by molar-refractivity contribution is 5.91. The number of rotatable bonds is 8. The zero-order valence-electron chi connectivity index (χ0n) is 25.2. The van der Waals surface area contributed by atoms with E-state index < -0.39 is 12.2 Å². The lowest BCUT2D eigenvalue weighted by atomic mass is 9.98. The lowest BCUT2D eigenvalue weighted by Crippen LogP contribution is -2.76. The van der Waals surface area contributed by atoms with Gasteiger partial charge in [0.15, 0.2) is 11.5 Å². The van der Waals surface area contributed by atoms with E-state index in [9.17, 15) is 19.5 Å². The Labute approximate surface area is 262 Å². The molecule has 2 N–H and O–H groups in total. The van der Waals surface area contributed by atoms with Crippen molar-refractivity contribution in [2.75, 3.05) is 32.8 Å². The van der Waals surface area contributed by atoms with Gasteiger partial charge in [0.1, 0.15) is 31.2 Å². The van der Waals surface area contributed by atoms with Gasteiger partial charge < -0.3 is 29.7 Å². The molecular formula is C34H37N5O6. The van der Waals surface area contributed by atoms with E-state index in [2.05, 4.69) is 5.32 Å². The zero-order chi connectivity index (χ0) is 31.3. The number of piperazine rings is 1. The lowest BCUT2D eigenvalue weighted by Gasteiger charge is -2.55. The van der Waals surface area contributed by atoms with Gasteiger partial charge in [-0.3, -0.25) is 9.59 Å². The summed E-state index contributed by atoms with van der Waals surface area (Å²) >= 11 is 0. The average molecular weight is 612 g/mol. The van der Waals surface area contributed by atoms with Crippen molar-refractivity contribution in [3.63, 3.8) is 0 Å². The molecule has 0 bridgehead atoms. The number of phenolic OH excluding ortho intramolecular Hbond substituents is 1. The highest BCUT2D eigenvalue weighted by Gasteiger charge is 2.51. The van der Waals surface area contributed by atoms with E-state index in [1.54, 1.807) is 44.1 Å². The summed E-state index contributed by atoms with van der Waals surface area (Å²) in [5.41, 5.74) is 2.58. The molecule has 2 atom stereocenters. The van der Waals surface area contributed by atoms with E-state index in [-0.39, 0.29) is 49.7 Å². The molecule has 2 saturated heterocycles. The maximum Gasteiger partial charge on any atom is 0.334 e. The SMILES string of the molecule is C/C=C/CN1CC(=O)N2[C@@H](Cc3ccc(O)cc3)C(=O)N(Cc3ccc4c(c3)OCCO4)C[C@@H]2N1C(=O)NCc1ccccc1. The van der Waals surface area contributed by atoms with Crippen LogP contribution >= 0.6 is 0 Å². The highest BCUT2D eigenvalue weighted by atomic mass is 16.6. The number of phenols is 1. The number of hydrogen-bond donors (Lipinski definition) is 2. The van der Waals surface area contributed by atoms with Crippen molar-refractivity contribution in [1.29, 1.82) is 0 Å². The Morgan fingerprint density at radius 1 is 0.956 bits per heavy atom. The molecule has 0 saturated carbocycles. The number of hydrazine groups is 1. The van der Waals surface area contributed by atoms with E-state index in [1.165, 1.54) is 0 Å². The van der Waals surface area contributed by atoms with Gasteiger partial charge in [-0.25, -0.2) is 14.8 Å². The largest absolute Gasteiger partial charge is 0.508 e. The van der Waals surface area contributed by atoms with E-state index in [4.69, 9.17) is 9.47 Å². The number of aromatic hydroxyl groups is 1. The first-order chi connectivity index (χ1) is 21.9. The summed E-state index contributed by atoms with van der Waals surface area (Å²) in [7, 11) is 0. The predicted molar refractivity (Wildman–Crippen MR) is 166 cm³/mol. The van der Waals surface area contributed by atoms with Crippen LogP contribution in [0.3, 0.4) is 0 Å². The molecule has 4 amide bonds. The van der Waals surface area contributed by atoms with Crippen molar-refractivity contribution in [3.05, 3.63) is 102 Å².